The Bertz CT molecular complexity index is 555. The van der Waals surface area contributed by atoms with E-state index in [0.717, 1.165) is 22.6 Å². The number of hydrogen-bond donors (Lipinski definition) is 1. The summed E-state index contributed by atoms with van der Waals surface area (Å²) in [6.07, 6.45) is 0. The second-order valence-electron chi connectivity index (χ2n) is 4.80. The van der Waals surface area contributed by atoms with Crippen LogP contribution in [0.15, 0.2) is 23.6 Å². The number of benzene rings is 1. The second kappa shape index (κ2) is 4.71. The van der Waals surface area contributed by atoms with E-state index in [4.69, 9.17) is 4.74 Å². The van der Waals surface area contributed by atoms with Crippen LogP contribution in [0.4, 0.5) is 0 Å². The van der Waals surface area contributed by atoms with Gasteiger partial charge in [-0.25, -0.2) is 4.98 Å². The maximum atomic E-state index is 9.95. The number of methoxy groups -OCH3 is 1. The van der Waals surface area contributed by atoms with E-state index in [9.17, 15) is 5.11 Å². The minimum atomic E-state index is -0.903. The molecule has 1 aromatic heterocycles. The van der Waals surface area contributed by atoms with Crippen molar-refractivity contribution in [3.63, 3.8) is 0 Å². The summed E-state index contributed by atoms with van der Waals surface area (Å²) in [6, 6.07) is 5.99. The predicted molar refractivity (Wildman–Crippen MR) is 74.1 cm³/mol. The van der Waals surface area contributed by atoms with Gasteiger partial charge in [0.15, 0.2) is 0 Å². The maximum absolute atomic E-state index is 9.95. The van der Waals surface area contributed by atoms with Gasteiger partial charge in [-0.3, -0.25) is 0 Å². The average molecular weight is 263 g/mol. The Kier molecular flexibility index (Phi) is 3.41. The third-order valence-electron chi connectivity index (χ3n) is 2.66. The van der Waals surface area contributed by atoms with Crippen molar-refractivity contribution in [3.05, 3.63) is 34.2 Å². The van der Waals surface area contributed by atoms with Crippen LogP contribution in [0.5, 0.6) is 5.75 Å². The first-order chi connectivity index (χ1) is 8.41. The van der Waals surface area contributed by atoms with Gasteiger partial charge in [0, 0.05) is 10.9 Å². The minimum Gasteiger partial charge on any atom is -0.496 e. The van der Waals surface area contributed by atoms with Crippen LogP contribution in [0.25, 0.3) is 11.3 Å². The highest BCUT2D eigenvalue weighted by Gasteiger charge is 2.21. The topological polar surface area (TPSA) is 42.4 Å². The molecule has 0 aliphatic carbocycles. The lowest BCUT2D eigenvalue weighted by Gasteiger charge is -2.12. The Hall–Kier alpha value is -1.39. The lowest BCUT2D eigenvalue weighted by Crippen LogP contribution is -2.14. The molecule has 0 bridgehead atoms. The summed E-state index contributed by atoms with van der Waals surface area (Å²) in [5.74, 6) is 0.799. The summed E-state index contributed by atoms with van der Waals surface area (Å²) >= 11 is 1.46. The van der Waals surface area contributed by atoms with Crippen LogP contribution in [0.2, 0.25) is 0 Å². The number of ether oxygens (including phenoxy) is 1. The molecular formula is C14H17NO2S. The van der Waals surface area contributed by atoms with Crippen LogP contribution in [-0.2, 0) is 5.60 Å². The van der Waals surface area contributed by atoms with Crippen molar-refractivity contribution in [1.29, 1.82) is 0 Å². The molecule has 0 fully saturated rings. The predicted octanol–water partition coefficient (Wildman–Crippen LogP) is 3.35. The van der Waals surface area contributed by atoms with Crippen LogP contribution in [0.3, 0.4) is 0 Å². The number of nitrogens with zero attached hydrogens (tertiary/aromatic N) is 1. The molecule has 0 aliphatic heterocycles. The zero-order chi connectivity index (χ0) is 13.3. The molecule has 18 heavy (non-hydrogen) atoms. The zero-order valence-electron chi connectivity index (χ0n) is 11.0. The number of thiazole rings is 1. The molecule has 0 saturated carbocycles. The van der Waals surface area contributed by atoms with Gasteiger partial charge in [0.25, 0.3) is 0 Å². The molecule has 0 spiro atoms. The van der Waals surface area contributed by atoms with Gasteiger partial charge in [-0.1, -0.05) is 11.6 Å². The van der Waals surface area contributed by atoms with E-state index in [1.165, 1.54) is 11.3 Å². The minimum absolute atomic E-state index is 0.709. The standard InChI is InChI=1S/C14H17NO2S/c1-9-5-6-12(17-4)10(7-9)11-8-18-13(15-11)14(2,3)16/h5-8,16H,1-4H3. The number of aliphatic hydroxyl groups is 1. The van der Waals surface area contributed by atoms with Gasteiger partial charge in [-0.05, 0) is 32.9 Å². The number of aromatic nitrogens is 1. The molecule has 1 heterocycles. The highest BCUT2D eigenvalue weighted by atomic mass is 32.1. The van der Waals surface area contributed by atoms with Gasteiger partial charge < -0.3 is 9.84 Å². The molecule has 1 N–H and O–H groups in total. The molecule has 0 unspecified atom stereocenters. The van der Waals surface area contributed by atoms with Gasteiger partial charge in [0.2, 0.25) is 0 Å². The second-order valence-corrected chi connectivity index (χ2v) is 5.66. The fourth-order valence-corrected chi connectivity index (χ4v) is 2.54. The van der Waals surface area contributed by atoms with Gasteiger partial charge >= 0.3 is 0 Å². The molecule has 0 radical (unpaired) electrons. The first-order valence-electron chi connectivity index (χ1n) is 5.75. The Balaban J connectivity index is 2.49. The van der Waals surface area contributed by atoms with Crippen LogP contribution in [0, 0.1) is 6.92 Å². The molecule has 3 nitrogen and oxygen atoms in total. The van der Waals surface area contributed by atoms with Crippen molar-refractivity contribution >= 4 is 11.3 Å². The highest BCUT2D eigenvalue weighted by Crippen LogP contribution is 2.34. The van der Waals surface area contributed by atoms with Crippen molar-refractivity contribution < 1.29 is 9.84 Å². The van der Waals surface area contributed by atoms with Crippen molar-refractivity contribution in [2.75, 3.05) is 7.11 Å². The summed E-state index contributed by atoms with van der Waals surface area (Å²) in [5, 5.41) is 12.6. The Labute approximate surface area is 111 Å². The Morgan fingerprint density at radius 1 is 1.33 bits per heavy atom. The largest absolute Gasteiger partial charge is 0.496 e. The molecule has 0 saturated heterocycles. The smallest absolute Gasteiger partial charge is 0.128 e. The lowest BCUT2D eigenvalue weighted by atomic mass is 10.1. The van der Waals surface area contributed by atoms with Gasteiger partial charge in [0.1, 0.15) is 16.4 Å². The summed E-state index contributed by atoms with van der Waals surface area (Å²) < 4.78 is 5.35. The maximum Gasteiger partial charge on any atom is 0.128 e. The SMILES string of the molecule is COc1ccc(C)cc1-c1csc(C(C)(C)O)n1. The summed E-state index contributed by atoms with van der Waals surface area (Å²) in [6.45, 7) is 5.51. The van der Waals surface area contributed by atoms with Crippen LogP contribution < -0.4 is 4.74 Å². The molecule has 4 heteroatoms. The van der Waals surface area contributed by atoms with Crippen molar-refractivity contribution in [3.8, 4) is 17.0 Å². The van der Waals surface area contributed by atoms with E-state index >= 15 is 0 Å². The average Bonchev–Trinajstić information content (AvgIpc) is 2.77. The Morgan fingerprint density at radius 2 is 2.06 bits per heavy atom. The lowest BCUT2D eigenvalue weighted by molar-refractivity contribution is 0.0783. The fraction of sp³-hybridized carbons (Fsp3) is 0.357. The van der Waals surface area contributed by atoms with Gasteiger partial charge in [-0.2, -0.15) is 0 Å². The molecule has 0 amide bonds. The first kappa shape index (κ1) is 13.1. The van der Waals surface area contributed by atoms with E-state index in [1.54, 1.807) is 21.0 Å². The summed E-state index contributed by atoms with van der Waals surface area (Å²) in [7, 11) is 1.65. The van der Waals surface area contributed by atoms with Crippen LogP contribution in [-0.4, -0.2) is 17.2 Å². The van der Waals surface area contributed by atoms with Crippen molar-refractivity contribution in [1.82, 2.24) is 4.98 Å². The van der Waals surface area contributed by atoms with E-state index in [0.29, 0.717) is 5.01 Å². The molecule has 2 aromatic rings. The van der Waals surface area contributed by atoms with Crippen molar-refractivity contribution in [2.24, 2.45) is 0 Å². The van der Waals surface area contributed by atoms with Crippen molar-refractivity contribution in [2.45, 2.75) is 26.4 Å². The van der Waals surface area contributed by atoms with Crippen LogP contribution in [0.1, 0.15) is 24.4 Å². The zero-order valence-corrected chi connectivity index (χ0v) is 11.8. The van der Waals surface area contributed by atoms with Gasteiger partial charge in [0.05, 0.1) is 12.8 Å². The van der Waals surface area contributed by atoms with E-state index in [2.05, 4.69) is 4.98 Å². The van der Waals surface area contributed by atoms with E-state index in [1.807, 2.05) is 30.5 Å². The van der Waals surface area contributed by atoms with Gasteiger partial charge in [-0.15, -0.1) is 11.3 Å². The highest BCUT2D eigenvalue weighted by molar-refractivity contribution is 7.10. The fourth-order valence-electron chi connectivity index (χ4n) is 1.70. The molecule has 0 atom stereocenters. The number of aryl methyl sites for hydroxylation is 1. The van der Waals surface area contributed by atoms with E-state index < -0.39 is 5.60 Å². The normalized spacial score (nSPS) is 11.6. The quantitative estimate of drug-likeness (QED) is 0.923. The summed E-state index contributed by atoms with van der Waals surface area (Å²) in [5.41, 5.74) is 2.06. The van der Waals surface area contributed by atoms with E-state index in [-0.39, 0.29) is 0 Å². The molecule has 1 aromatic carbocycles. The molecule has 0 aliphatic rings. The number of hydrogen-bond acceptors (Lipinski definition) is 4. The summed E-state index contributed by atoms with van der Waals surface area (Å²) in [4.78, 5) is 4.49. The molecule has 2 rings (SSSR count). The number of rotatable bonds is 3. The third-order valence-corrected chi connectivity index (χ3v) is 3.81. The molecular weight excluding hydrogens is 246 g/mol. The third kappa shape index (κ3) is 2.54. The molecule has 96 valence electrons. The first-order valence-corrected chi connectivity index (χ1v) is 6.63. The van der Waals surface area contributed by atoms with Crippen LogP contribution >= 0.6 is 11.3 Å². The Morgan fingerprint density at radius 3 is 2.61 bits per heavy atom. The monoisotopic (exact) mass is 263 g/mol.